The summed E-state index contributed by atoms with van der Waals surface area (Å²) in [4.78, 5) is 2.50. The largest absolute Gasteiger partial charge is 0.361 e. The summed E-state index contributed by atoms with van der Waals surface area (Å²) in [5.41, 5.74) is 1.62. The molecule has 3 rings (SSSR count). The van der Waals surface area contributed by atoms with Crippen LogP contribution in [0.15, 0.2) is 10.6 Å². The molecule has 4 nitrogen and oxygen atoms in total. The Hall–Kier alpha value is -0.580. The van der Waals surface area contributed by atoms with Gasteiger partial charge >= 0.3 is 0 Å². The second-order valence-electron chi connectivity index (χ2n) is 5.32. The number of halogens is 1. The first kappa shape index (κ1) is 12.9. The average molecular weight is 258 g/mol. The first-order valence-corrected chi connectivity index (χ1v) is 6.11. The Bertz CT molecular complexity index is 374. The third-order valence-electron chi connectivity index (χ3n) is 3.91. The van der Waals surface area contributed by atoms with E-state index in [0.717, 1.165) is 18.0 Å². The normalized spacial score (nSPS) is 28.8. The summed E-state index contributed by atoms with van der Waals surface area (Å²) in [5, 5.41) is 7.54. The van der Waals surface area contributed by atoms with E-state index in [4.69, 9.17) is 4.52 Å². The second-order valence-corrected chi connectivity index (χ2v) is 5.32. The van der Waals surface area contributed by atoms with E-state index in [0.29, 0.717) is 5.41 Å². The Labute approximate surface area is 108 Å². The first-order valence-electron chi connectivity index (χ1n) is 6.11. The van der Waals surface area contributed by atoms with Crippen molar-refractivity contribution in [3.8, 4) is 0 Å². The lowest BCUT2D eigenvalue weighted by Gasteiger charge is -2.22. The molecule has 0 aromatic carbocycles. The fraction of sp³-hybridized carbons (Fsp3) is 0.750. The molecule has 1 aromatic heterocycles. The molecule has 96 valence electrons. The summed E-state index contributed by atoms with van der Waals surface area (Å²) in [6, 6.07) is 2.04. The molecule has 1 aromatic rings. The maximum Gasteiger partial charge on any atom is 0.133 e. The summed E-state index contributed by atoms with van der Waals surface area (Å²) in [7, 11) is 0. The van der Waals surface area contributed by atoms with E-state index in [9.17, 15) is 0 Å². The molecule has 0 saturated carbocycles. The van der Waals surface area contributed by atoms with Crippen LogP contribution < -0.4 is 5.32 Å². The zero-order valence-corrected chi connectivity index (χ0v) is 11.1. The molecule has 3 heterocycles. The van der Waals surface area contributed by atoms with E-state index in [1.165, 1.54) is 39.0 Å². The number of hydrogen-bond acceptors (Lipinski definition) is 4. The van der Waals surface area contributed by atoms with E-state index < -0.39 is 0 Å². The van der Waals surface area contributed by atoms with E-state index in [-0.39, 0.29) is 12.4 Å². The van der Waals surface area contributed by atoms with Gasteiger partial charge in [0.15, 0.2) is 0 Å². The lowest BCUT2D eigenvalue weighted by molar-refractivity contribution is 0.261. The van der Waals surface area contributed by atoms with Crippen LogP contribution in [0.4, 0.5) is 0 Å². The highest BCUT2D eigenvalue weighted by molar-refractivity contribution is 5.85. The highest BCUT2D eigenvalue weighted by atomic mass is 35.5. The monoisotopic (exact) mass is 257 g/mol. The minimum absolute atomic E-state index is 0. The van der Waals surface area contributed by atoms with Gasteiger partial charge in [-0.25, -0.2) is 0 Å². The highest BCUT2D eigenvalue weighted by Crippen LogP contribution is 2.36. The van der Waals surface area contributed by atoms with Gasteiger partial charge in [-0.1, -0.05) is 5.16 Å². The summed E-state index contributed by atoms with van der Waals surface area (Å²) in [6.07, 6.45) is 2.66. The maximum absolute atomic E-state index is 5.10. The van der Waals surface area contributed by atoms with Gasteiger partial charge in [0.2, 0.25) is 0 Å². The molecule has 17 heavy (non-hydrogen) atoms. The van der Waals surface area contributed by atoms with Crippen LogP contribution in [0.2, 0.25) is 0 Å². The predicted octanol–water partition coefficient (Wildman–Crippen LogP) is 1.59. The van der Waals surface area contributed by atoms with Crippen LogP contribution in [0.25, 0.3) is 0 Å². The van der Waals surface area contributed by atoms with Crippen molar-refractivity contribution >= 4 is 12.4 Å². The van der Waals surface area contributed by atoms with Crippen LogP contribution in [-0.4, -0.2) is 36.2 Å². The van der Waals surface area contributed by atoms with Gasteiger partial charge in [0.25, 0.3) is 0 Å². The van der Waals surface area contributed by atoms with Crippen LogP contribution >= 0.6 is 12.4 Å². The van der Waals surface area contributed by atoms with Crippen LogP contribution in [0.1, 0.15) is 24.3 Å². The van der Waals surface area contributed by atoms with Crippen molar-refractivity contribution in [2.45, 2.75) is 26.3 Å². The van der Waals surface area contributed by atoms with E-state index in [1.807, 2.05) is 13.0 Å². The van der Waals surface area contributed by atoms with Crippen molar-refractivity contribution in [2.24, 2.45) is 5.41 Å². The van der Waals surface area contributed by atoms with Crippen LogP contribution in [0, 0.1) is 12.3 Å². The minimum atomic E-state index is 0. The molecule has 2 aliphatic rings. The van der Waals surface area contributed by atoms with Gasteiger partial charge in [-0.3, -0.25) is 4.90 Å². The lowest BCUT2D eigenvalue weighted by atomic mass is 9.87. The van der Waals surface area contributed by atoms with Gasteiger partial charge < -0.3 is 9.84 Å². The van der Waals surface area contributed by atoms with Gasteiger partial charge in [0.05, 0.1) is 5.69 Å². The molecule has 0 bridgehead atoms. The van der Waals surface area contributed by atoms with Gasteiger partial charge in [-0.15, -0.1) is 12.4 Å². The summed E-state index contributed by atoms with van der Waals surface area (Å²) >= 11 is 0. The topological polar surface area (TPSA) is 41.3 Å². The third kappa shape index (κ3) is 2.64. The zero-order chi connectivity index (χ0) is 11.0. The first-order chi connectivity index (χ1) is 7.76. The number of nitrogens with zero attached hydrogens (tertiary/aromatic N) is 2. The molecule has 2 fully saturated rings. The molecular formula is C12H20ClN3O. The molecule has 1 unspecified atom stereocenters. The van der Waals surface area contributed by atoms with Gasteiger partial charge in [0.1, 0.15) is 5.76 Å². The molecule has 1 spiro atoms. The molecular weight excluding hydrogens is 238 g/mol. The quantitative estimate of drug-likeness (QED) is 0.874. The number of aromatic nitrogens is 1. The molecule has 2 saturated heterocycles. The summed E-state index contributed by atoms with van der Waals surface area (Å²) < 4.78 is 5.10. The maximum atomic E-state index is 5.10. The van der Waals surface area contributed by atoms with Gasteiger partial charge in [-0.05, 0) is 38.3 Å². The molecule has 5 heteroatoms. The standard InChI is InChI=1S/C12H19N3O.ClH/c1-10-6-11(14-16-10)7-15-5-3-12(9-15)2-4-13-8-12;/h6,13H,2-5,7-9H2,1H3;1H. The fourth-order valence-corrected chi connectivity index (χ4v) is 3.03. The van der Waals surface area contributed by atoms with Crippen molar-refractivity contribution in [1.29, 1.82) is 0 Å². The summed E-state index contributed by atoms with van der Waals surface area (Å²) in [5.74, 6) is 0.909. The van der Waals surface area contributed by atoms with Crippen molar-refractivity contribution < 1.29 is 4.52 Å². The average Bonchev–Trinajstić information content (AvgIpc) is 2.94. The van der Waals surface area contributed by atoms with Crippen molar-refractivity contribution in [2.75, 3.05) is 26.2 Å². The molecule has 0 amide bonds. The van der Waals surface area contributed by atoms with Crippen molar-refractivity contribution in [3.05, 3.63) is 17.5 Å². The molecule has 0 radical (unpaired) electrons. The fourth-order valence-electron chi connectivity index (χ4n) is 3.03. The Balaban J connectivity index is 0.00000108. The number of rotatable bonds is 2. The van der Waals surface area contributed by atoms with Crippen molar-refractivity contribution in [1.82, 2.24) is 15.4 Å². The van der Waals surface area contributed by atoms with Gasteiger partial charge in [-0.2, -0.15) is 0 Å². The molecule has 0 aliphatic carbocycles. The Kier molecular flexibility index (Phi) is 3.76. The molecule has 1 N–H and O–H groups in total. The van der Waals surface area contributed by atoms with Gasteiger partial charge in [0, 0.05) is 25.7 Å². The highest BCUT2D eigenvalue weighted by Gasteiger charge is 2.40. The smallest absolute Gasteiger partial charge is 0.133 e. The number of nitrogens with one attached hydrogen (secondary N) is 1. The van der Waals surface area contributed by atoms with E-state index >= 15 is 0 Å². The van der Waals surface area contributed by atoms with Crippen LogP contribution in [0.3, 0.4) is 0 Å². The van der Waals surface area contributed by atoms with E-state index in [2.05, 4.69) is 15.4 Å². The number of aryl methyl sites for hydroxylation is 1. The van der Waals surface area contributed by atoms with Crippen LogP contribution in [0.5, 0.6) is 0 Å². The molecule has 2 aliphatic heterocycles. The minimum Gasteiger partial charge on any atom is -0.361 e. The number of likely N-dealkylation sites (tertiary alicyclic amines) is 1. The lowest BCUT2D eigenvalue weighted by Crippen LogP contribution is -2.29. The van der Waals surface area contributed by atoms with Crippen LogP contribution in [-0.2, 0) is 6.54 Å². The third-order valence-corrected chi connectivity index (χ3v) is 3.91. The second kappa shape index (κ2) is 4.96. The predicted molar refractivity (Wildman–Crippen MR) is 68.3 cm³/mol. The van der Waals surface area contributed by atoms with Crippen molar-refractivity contribution in [3.63, 3.8) is 0 Å². The summed E-state index contributed by atoms with van der Waals surface area (Å²) in [6.45, 7) is 7.69. The Morgan fingerprint density at radius 2 is 2.41 bits per heavy atom. The Morgan fingerprint density at radius 1 is 1.53 bits per heavy atom. The number of hydrogen-bond donors (Lipinski definition) is 1. The SMILES string of the molecule is Cc1cc(CN2CCC3(CCNC3)C2)no1.Cl. The van der Waals surface area contributed by atoms with E-state index in [1.54, 1.807) is 0 Å². The zero-order valence-electron chi connectivity index (χ0n) is 10.2. The molecule has 1 atom stereocenters. The Morgan fingerprint density at radius 3 is 3.06 bits per heavy atom.